The molecule has 1 unspecified atom stereocenters. The Morgan fingerprint density at radius 2 is 1.95 bits per heavy atom. The first-order chi connectivity index (χ1) is 9.17. The zero-order valence-electron chi connectivity index (χ0n) is 11.9. The van der Waals surface area contributed by atoms with Crippen LogP contribution in [0.15, 0.2) is 24.3 Å². The van der Waals surface area contributed by atoms with Crippen LogP contribution in [0.25, 0.3) is 0 Å². The molecule has 19 heavy (non-hydrogen) atoms. The number of nitrogens with one attached hydrogen (secondary N) is 1. The molecule has 0 heterocycles. The lowest BCUT2D eigenvalue weighted by Crippen LogP contribution is -2.22. The third-order valence-corrected chi connectivity index (χ3v) is 3.45. The van der Waals surface area contributed by atoms with Crippen molar-refractivity contribution < 1.29 is 4.92 Å². The Kier molecular flexibility index (Phi) is 7.11. The smallest absolute Gasteiger partial charge is 0.269 e. The van der Waals surface area contributed by atoms with Crippen LogP contribution in [0.3, 0.4) is 0 Å². The van der Waals surface area contributed by atoms with Crippen LogP contribution in [0.2, 0.25) is 0 Å². The topological polar surface area (TPSA) is 55.2 Å². The van der Waals surface area contributed by atoms with E-state index >= 15 is 0 Å². The number of hydrogen-bond donors (Lipinski definition) is 1. The highest BCUT2D eigenvalue weighted by molar-refractivity contribution is 5.32. The van der Waals surface area contributed by atoms with Crippen LogP contribution in [0, 0.1) is 16.0 Å². The van der Waals surface area contributed by atoms with Crippen molar-refractivity contribution in [3.05, 3.63) is 39.9 Å². The Bertz CT molecular complexity index is 376. The molecule has 4 heteroatoms. The minimum atomic E-state index is -0.366. The molecule has 4 nitrogen and oxygen atoms in total. The lowest BCUT2D eigenvalue weighted by Gasteiger charge is -2.15. The molecule has 0 aliphatic rings. The fraction of sp³-hybridized carbons (Fsp3) is 0.600. The van der Waals surface area contributed by atoms with Gasteiger partial charge in [0, 0.05) is 18.7 Å². The highest BCUT2D eigenvalue weighted by Gasteiger charge is 2.06. The lowest BCUT2D eigenvalue weighted by atomic mass is 9.99. The van der Waals surface area contributed by atoms with Gasteiger partial charge in [-0.3, -0.25) is 10.1 Å². The largest absolute Gasteiger partial charge is 0.312 e. The van der Waals surface area contributed by atoms with Gasteiger partial charge in [-0.25, -0.2) is 0 Å². The van der Waals surface area contributed by atoms with Crippen molar-refractivity contribution in [1.82, 2.24) is 5.32 Å². The van der Waals surface area contributed by atoms with E-state index in [4.69, 9.17) is 0 Å². The third-order valence-electron chi connectivity index (χ3n) is 3.45. The van der Waals surface area contributed by atoms with Crippen LogP contribution >= 0.6 is 0 Å². The summed E-state index contributed by atoms with van der Waals surface area (Å²) in [7, 11) is 0. The first kappa shape index (κ1) is 15.6. The molecule has 1 aromatic rings. The van der Waals surface area contributed by atoms with E-state index in [1.54, 1.807) is 12.1 Å². The summed E-state index contributed by atoms with van der Waals surface area (Å²) in [5.74, 6) is 0.734. The van der Waals surface area contributed by atoms with Gasteiger partial charge < -0.3 is 5.32 Å². The van der Waals surface area contributed by atoms with E-state index < -0.39 is 0 Å². The van der Waals surface area contributed by atoms with Crippen molar-refractivity contribution in [1.29, 1.82) is 0 Å². The van der Waals surface area contributed by atoms with Crippen LogP contribution < -0.4 is 5.32 Å². The summed E-state index contributed by atoms with van der Waals surface area (Å²) in [6.07, 6.45) is 5.02. The Morgan fingerprint density at radius 3 is 2.47 bits per heavy atom. The second-order valence-electron chi connectivity index (χ2n) is 4.97. The highest BCUT2D eigenvalue weighted by atomic mass is 16.6. The van der Waals surface area contributed by atoms with Gasteiger partial charge in [-0.05, 0) is 24.4 Å². The number of non-ortho nitro benzene ring substituents is 1. The van der Waals surface area contributed by atoms with Crippen LogP contribution in [0.4, 0.5) is 5.69 Å². The SMILES string of the molecule is CCCCC(CC)CNCc1ccc([N+](=O)[O-])cc1. The molecule has 0 spiro atoms. The van der Waals surface area contributed by atoms with Crippen molar-refractivity contribution in [2.45, 2.75) is 46.1 Å². The molecule has 0 aliphatic carbocycles. The molecule has 1 atom stereocenters. The van der Waals surface area contributed by atoms with E-state index in [1.807, 2.05) is 12.1 Å². The summed E-state index contributed by atoms with van der Waals surface area (Å²) >= 11 is 0. The molecule has 0 aromatic heterocycles. The van der Waals surface area contributed by atoms with Crippen LogP contribution in [-0.4, -0.2) is 11.5 Å². The first-order valence-corrected chi connectivity index (χ1v) is 7.11. The molecular weight excluding hydrogens is 240 g/mol. The Hall–Kier alpha value is -1.42. The second-order valence-corrected chi connectivity index (χ2v) is 4.97. The Balaban J connectivity index is 2.33. The summed E-state index contributed by atoms with van der Waals surface area (Å²) < 4.78 is 0. The molecule has 1 aromatic carbocycles. The average Bonchev–Trinajstić information content (AvgIpc) is 2.43. The number of hydrogen-bond acceptors (Lipinski definition) is 3. The predicted molar refractivity (Wildman–Crippen MR) is 78.1 cm³/mol. The van der Waals surface area contributed by atoms with Gasteiger partial charge in [0.1, 0.15) is 0 Å². The molecule has 0 bridgehead atoms. The first-order valence-electron chi connectivity index (χ1n) is 7.11. The predicted octanol–water partition coefficient (Wildman–Crippen LogP) is 3.90. The van der Waals surface area contributed by atoms with E-state index in [9.17, 15) is 10.1 Å². The maximum atomic E-state index is 10.5. The van der Waals surface area contributed by atoms with Crippen molar-refractivity contribution >= 4 is 5.69 Å². The Labute approximate surface area is 115 Å². The minimum Gasteiger partial charge on any atom is -0.312 e. The van der Waals surface area contributed by atoms with Crippen molar-refractivity contribution in [3.8, 4) is 0 Å². The zero-order valence-corrected chi connectivity index (χ0v) is 11.9. The van der Waals surface area contributed by atoms with Crippen LogP contribution in [0.1, 0.15) is 45.1 Å². The van der Waals surface area contributed by atoms with E-state index in [0.29, 0.717) is 0 Å². The molecule has 0 aliphatic heterocycles. The van der Waals surface area contributed by atoms with Gasteiger partial charge in [-0.1, -0.05) is 45.2 Å². The fourth-order valence-electron chi connectivity index (χ4n) is 2.10. The maximum Gasteiger partial charge on any atom is 0.269 e. The number of unbranched alkanes of at least 4 members (excludes halogenated alkanes) is 1. The van der Waals surface area contributed by atoms with E-state index in [-0.39, 0.29) is 10.6 Å². The van der Waals surface area contributed by atoms with Gasteiger partial charge in [0.25, 0.3) is 5.69 Å². The average molecular weight is 264 g/mol. The number of nitro groups is 1. The van der Waals surface area contributed by atoms with Gasteiger partial charge in [0.2, 0.25) is 0 Å². The standard InChI is InChI=1S/C15H24N2O2/c1-3-5-6-13(4-2)11-16-12-14-7-9-15(10-8-14)17(18)19/h7-10,13,16H,3-6,11-12H2,1-2H3. The molecule has 0 radical (unpaired) electrons. The Morgan fingerprint density at radius 1 is 1.26 bits per heavy atom. The van der Waals surface area contributed by atoms with Gasteiger partial charge in [0.05, 0.1) is 4.92 Å². The molecule has 0 saturated heterocycles. The summed E-state index contributed by atoms with van der Waals surface area (Å²) in [5.41, 5.74) is 1.24. The number of rotatable bonds is 9. The highest BCUT2D eigenvalue weighted by Crippen LogP contribution is 2.13. The molecule has 0 amide bonds. The van der Waals surface area contributed by atoms with Crippen LogP contribution in [0.5, 0.6) is 0 Å². The van der Waals surface area contributed by atoms with Gasteiger partial charge in [-0.2, -0.15) is 0 Å². The molecule has 0 fully saturated rings. The summed E-state index contributed by atoms with van der Waals surface area (Å²) in [4.78, 5) is 10.2. The number of nitro benzene ring substituents is 1. The molecule has 1 N–H and O–H groups in total. The zero-order chi connectivity index (χ0) is 14.1. The molecule has 1 rings (SSSR count). The lowest BCUT2D eigenvalue weighted by molar-refractivity contribution is -0.384. The van der Waals surface area contributed by atoms with Gasteiger partial charge in [0.15, 0.2) is 0 Å². The monoisotopic (exact) mass is 264 g/mol. The van der Waals surface area contributed by atoms with E-state index in [0.717, 1.165) is 24.6 Å². The minimum absolute atomic E-state index is 0.151. The summed E-state index contributed by atoms with van der Waals surface area (Å²) in [6.45, 7) is 6.25. The second kappa shape index (κ2) is 8.64. The molecule has 106 valence electrons. The van der Waals surface area contributed by atoms with Crippen molar-refractivity contribution in [3.63, 3.8) is 0 Å². The van der Waals surface area contributed by atoms with Crippen LogP contribution in [-0.2, 0) is 6.54 Å². The van der Waals surface area contributed by atoms with Crippen molar-refractivity contribution in [2.24, 2.45) is 5.92 Å². The fourth-order valence-corrected chi connectivity index (χ4v) is 2.10. The molecule has 0 saturated carbocycles. The maximum absolute atomic E-state index is 10.5. The van der Waals surface area contributed by atoms with Gasteiger partial charge in [-0.15, -0.1) is 0 Å². The van der Waals surface area contributed by atoms with Crippen molar-refractivity contribution in [2.75, 3.05) is 6.54 Å². The number of benzene rings is 1. The summed E-state index contributed by atoms with van der Waals surface area (Å²) in [5, 5.41) is 14.0. The van der Waals surface area contributed by atoms with E-state index in [2.05, 4.69) is 19.2 Å². The quantitative estimate of drug-likeness (QED) is 0.543. The third kappa shape index (κ3) is 5.83. The summed E-state index contributed by atoms with van der Waals surface area (Å²) in [6, 6.07) is 6.76. The normalized spacial score (nSPS) is 12.3. The number of nitrogens with zero attached hydrogens (tertiary/aromatic N) is 1. The molecular formula is C15H24N2O2. The van der Waals surface area contributed by atoms with E-state index in [1.165, 1.54) is 25.7 Å². The van der Waals surface area contributed by atoms with Gasteiger partial charge >= 0.3 is 0 Å².